The van der Waals surface area contributed by atoms with Gasteiger partial charge in [0.1, 0.15) is 0 Å². The van der Waals surface area contributed by atoms with Crippen molar-refractivity contribution in [3.05, 3.63) is 0 Å². The van der Waals surface area contributed by atoms with Gasteiger partial charge in [0.05, 0.1) is 5.60 Å². The standard InChI is InChI=1S/C13H26N2O2/c1-13(2,17-3)7-9-14-8-6-12(16)15-10-4-5-11-15/h14H,4-11H2,1-3H3. The number of nitrogens with zero attached hydrogens (tertiary/aromatic N) is 1. The molecular weight excluding hydrogens is 216 g/mol. The average Bonchev–Trinajstić information content (AvgIpc) is 2.82. The molecule has 0 aromatic carbocycles. The van der Waals surface area contributed by atoms with Crippen LogP contribution in [0.3, 0.4) is 0 Å². The van der Waals surface area contributed by atoms with Crippen molar-refractivity contribution in [3.63, 3.8) is 0 Å². The number of amides is 1. The first-order valence-electron chi connectivity index (χ1n) is 6.59. The Balaban J connectivity index is 2.02. The number of hydrogen-bond acceptors (Lipinski definition) is 3. The van der Waals surface area contributed by atoms with E-state index in [4.69, 9.17) is 4.74 Å². The number of ether oxygens (including phenoxy) is 1. The molecule has 0 atom stereocenters. The van der Waals surface area contributed by atoms with Crippen molar-refractivity contribution in [3.8, 4) is 0 Å². The van der Waals surface area contributed by atoms with E-state index in [1.165, 1.54) is 12.8 Å². The van der Waals surface area contributed by atoms with E-state index in [0.29, 0.717) is 12.3 Å². The third-order valence-corrected chi connectivity index (χ3v) is 3.43. The molecule has 0 aliphatic carbocycles. The highest BCUT2D eigenvalue weighted by molar-refractivity contribution is 5.76. The highest BCUT2D eigenvalue weighted by Crippen LogP contribution is 2.11. The van der Waals surface area contributed by atoms with E-state index >= 15 is 0 Å². The summed E-state index contributed by atoms with van der Waals surface area (Å²) in [5, 5.41) is 3.30. The smallest absolute Gasteiger partial charge is 0.223 e. The summed E-state index contributed by atoms with van der Waals surface area (Å²) in [5.74, 6) is 0.293. The zero-order chi connectivity index (χ0) is 12.7. The molecule has 0 bridgehead atoms. The van der Waals surface area contributed by atoms with Crippen LogP contribution in [0.1, 0.15) is 39.5 Å². The predicted molar refractivity (Wildman–Crippen MR) is 69.0 cm³/mol. The first kappa shape index (κ1) is 14.5. The molecule has 0 saturated carbocycles. The summed E-state index contributed by atoms with van der Waals surface area (Å²) in [5.41, 5.74) is -0.0774. The number of nitrogens with one attached hydrogen (secondary N) is 1. The SMILES string of the molecule is COC(C)(C)CCNCCC(=O)N1CCCC1. The molecule has 0 radical (unpaired) electrons. The second-order valence-electron chi connectivity index (χ2n) is 5.30. The van der Waals surface area contributed by atoms with Gasteiger partial charge in [0.15, 0.2) is 0 Å². The molecule has 1 fully saturated rings. The lowest BCUT2D eigenvalue weighted by Gasteiger charge is -2.23. The summed E-state index contributed by atoms with van der Waals surface area (Å²) in [7, 11) is 1.73. The monoisotopic (exact) mass is 242 g/mol. The Hall–Kier alpha value is -0.610. The number of rotatable bonds is 7. The molecule has 1 aliphatic rings. The Morgan fingerprint density at radius 3 is 2.53 bits per heavy atom. The van der Waals surface area contributed by atoms with Crippen molar-refractivity contribution >= 4 is 5.91 Å². The molecule has 17 heavy (non-hydrogen) atoms. The van der Waals surface area contributed by atoms with Gasteiger partial charge in [-0.05, 0) is 39.7 Å². The maximum atomic E-state index is 11.7. The molecule has 100 valence electrons. The van der Waals surface area contributed by atoms with Crippen molar-refractivity contribution < 1.29 is 9.53 Å². The van der Waals surface area contributed by atoms with E-state index in [-0.39, 0.29) is 5.60 Å². The zero-order valence-corrected chi connectivity index (χ0v) is 11.4. The summed E-state index contributed by atoms with van der Waals surface area (Å²) < 4.78 is 5.33. The molecule has 1 heterocycles. The van der Waals surface area contributed by atoms with Gasteiger partial charge in [0, 0.05) is 33.2 Å². The molecule has 0 aromatic rings. The molecule has 1 N–H and O–H groups in total. The molecular formula is C13H26N2O2. The molecule has 0 spiro atoms. The van der Waals surface area contributed by atoms with Gasteiger partial charge in [-0.3, -0.25) is 4.79 Å². The van der Waals surface area contributed by atoms with E-state index in [2.05, 4.69) is 19.2 Å². The van der Waals surface area contributed by atoms with E-state index in [1.807, 2.05) is 4.90 Å². The van der Waals surface area contributed by atoms with Crippen LogP contribution in [0.5, 0.6) is 0 Å². The van der Waals surface area contributed by atoms with Gasteiger partial charge in [-0.1, -0.05) is 0 Å². The van der Waals surface area contributed by atoms with Crippen molar-refractivity contribution in [2.75, 3.05) is 33.3 Å². The van der Waals surface area contributed by atoms with Crippen molar-refractivity contribution in [2.45, 2.75) is 45.1 Å². The Bertz CT molecular complexity index is 236. The van der Waals surface area contributed by atoms with Crippen LogP contribution in [0, 0.1) is 0 Å². The lowest BCUT2D eigenvalue weighted by atomic mass is 10.1. The van der Waals surface area contributed by atoms with E-state index in [1.54, 1.807) is 7.11 Å². The van der Waals surface area contributed by atoms with Crippen LogP contribution >= 0.6 is 0 Å². The summed E-state index contributed by atoms with van der Waals surface area (Å²) >= 11 is 0. The quantitative estimate of drug-likeness (QED) is 0.686. The third kappa shape index (κ3) is 5.50. The van der Waals surface area contributed by atoms with Gasteiger partial charge in [-0.2, -0.15) is 0 Å². The predicted octanol–water partition coefficient (Wildman–Crippen LogP) is 1.40. The van der Waals surface area contributed by atoms with Crippen LogP contribution in [-0.2, 0) is 9.53 Å². The number of carbonyl (C=O) groups excluding carboxylic acids is 1. The largest absolute Gasteiger partial charge is 0.379 e. The normalized spacial score (nSPS) is 16.5. The Morgan fingerprint density at radius 1 is 1.29 bits per heavy atom. The fourth-order valence-electron chi connectivity index (χ4n) is 1.94. The Morgan fingerprint density at radius 2 is 1.94 bits per heavy atom. The maximum absolute atomic E-state index is 11.7. The van der Waals surface area contributed by atoms with Crippen LogP contribution in [0.25, 0.3) is 0 Å². The molecule has 0 unspecified atom stereocenters. The van der Waals surface area contributed by atoms with Crippen LogP contribution < -0.4 is 5.32 Å². The highest BCUT2D eigenvalue weighted by Gasteiger charge is 2.17. The second-order valence-corrected chi connectivity index (χ2v) is 5.30. The number of methoxy groups -OCH3 is 1. The van der Waals surface area contributed by atoms with Crippen LogP contribution in [-0.4, -0.2) is 49.7 Å². The molecule has 1 aliphatic heterocycles. The zero-order valence-electron chi connectivity index (χ0n) is 11.4. The molecule has 1 amide bonds. The molecule has 0 aromatic heterocycles. The highest BCUT2D eigenvalue weighted by atomic mass is 16.5. The molecule has 4 nitrogen and oxygen atoms in total. The van der Waals surface area contributed by atoms with Crippen molar-refractivity contribution in [1.29, 1.82) is 0 Å². The second kappa shape index (κ2) is 6.97. The molecule has 1 rings (SSSR count). The summed E-state index contributed by atoms with van der Waals surface area (Å²) in [6, 6.07) is 0. The minimum absolute atomic E-state index is 0.0774. The fraction of sp³-hybridized carbons (Fsp3) is 0.923. The van der Waals surface area contributed by atoms with Crippen molar-refractivity contribution in [2.24, 2.45) is 0 Å². The Labute approximate surface area is 105 Å². The minimum Gasteiger partial charge on any atom is -0.379 e. The number of likely N-dealkylation sites (tertiary alicyclic amines) is 1. The molecule has 4 heteroatoms. The first-order chi connectivity index (χ1) is 8.05. The topological polar surface area (TPSA) is 41.6 Å². The van der Waals surface area contributed by atoms with Gasteiger partial charge in [0.2, 0.25) is 5.91 Å². The molecule has 1 saturated heterocycles. The van der Waals surface area contributed by atoms with Gasteiger partial charge < -0.3 is 15.0 Å². The van der Waals surface area contributed by atoms with Gasteiger partial charge >= 0.3 is 0 Å². The Kier molecular flexibility index (Phi) is 5.92. The number of carbonyl (C=O) groups is 1. The van der Waals surface area contributed by atoms with Gasteiger partial charge in [0.25, 0.3) is 0 Å². The lowest BCUT2D eigenvalue weighted by Crippen LogP contribution is -2.33. The van der Waals surface area contributed by atoms with E-state index in [9.17, 15) is 4.79 Å². The van der Waals surface area contributed by atoms with Gasteiger partial charge in [-0.25, -0.2) is 0 Å². The maximum Gasteiger partial charge on any atom is 0.223 e. The van der Waals surface area contributed by atoms with Crippen molar-refractivity contribution in [1.82, 2.24) is 10.2 Å². The summed E-state index contributed by atoms with van der Waals surface area (Å²) in [6.07, 6.45) is 3.91. The minimum atomic E-state index is -0.0774. The van der Waals surface area contributed by atoms with Crippen LogP contribution in [0.4, 0.5) is 0 Å². The van der Waals surface area contributed by atoms with E-state index < -0.39 is 0 Å². The lowest BCUT2D eigenvalue weighted by molar-refractivity contribution is -0.130. The van der Waals surface area contributed by atoms with Crippen LogP contribution in [0.15, 0.2) is 0 Å². The first-order valence-corrected chi connectivity index (χ1v) is 6.59. The summed E-state index contributed by atoms with van der Waals surface area (Å²) in [4.78, 5) is 13.7. The number of hydrogen-bond donors (Lipinski definition) is 1. The van der Waals surface area contributed by atoms with Gasteiger partial charge in [-0.15, -0.1) is 0 Å². The average molecular weight is 242 g/mol. The third-order valence-electron chi connectivity index (χ3n) is 3.43. The summed E-state index contributed by atoms with van der Waals surface area (Å²) in [6.45, 7) is 7.72. The van der Waals surface area contributed by atoms with Crippen LogP contribution in [0.2, 0.25) is 0 Å². The fourth-order valence-corrected chi connectivity index (χ4v) is 1.94. The van der Waals surface area contributed by atoms with E-state index in [0.717, 1.165) is 32.6 Å².